The zero-order chi connectivity index (χ0) is 18.8. The Balaban J connectivity index is 1.79. The van der Waals surface area contributed by atoms with Gasteiger partial charge < -0.3 is 10.1 Å². The molecule has 0 aromatic heterocycles. The first-order valence-corrected chi connectivity index (χ1v) is 8.77. The summed E-state index contributed by atoms with van der Waals surface area (Å²) in [5.41, 5.74) is 5.11. The van der Waals surface area contributed by atoms with Crippen LogP contribution in [0.15, 0.2) is 53.6 Å². The van der Waals surface area contributed by atoms with Gasteiger partial charge in [0, 0.05) is 18.9 Å². The number of nitrogens with two attached hydrogens (primary N) is 1. The van der Waals surface area contributed by atoms with Gasteiger partial charge in [0.1, 0.15) is 5.75 Å². The van der Waals surface area contributed by atoms with E-state index in [1.807, 2.05) is 49.4 Å². The molecule has 2 aromatic carbocycles. The number of carbonyl (C=O) groups excluding carboxylic acids is 1. The highest BCUT2D eigenvalue weighted by atomic mass is 16.5. The van der Waals surface area contributed by atoms with Crippen LogP contribution in [-0.2, 0) is 16.8 Å². The summed E-state index contributed by atoms with van der Waals surface area (Å²) in [7, 11) is 1.63. The smallest absolute Gasteiger partial charge is 0.305 e. The Morgan fingerprint density at radius 2 is 1.85 bits per heavy atom. The summed E-state index contributed by atoms with van der Waals surface area (Å²) in [6.07, 6.45) is 2.57. The summed E-state index contributed by atoms with van der Waals surface area (Å²) in [5, 5.41) is 6.29. The van der Waals surface area contributed by atoms with Gasteiger partial charge in [0.15, 0.2) is 0 Å². The van der Waals surface area contributed by atoms with E-state index in [4.69, 9.17) is 4.74 Å². The molecule has 0 saturated heterocycles. The molecule has 1 aliphatic heterocycles. The molecule has 0 spiro atoms. The molecule has 136 valence electrons. The third-order valence-electron chi connectivity index (χ3n) is 4.87. The Labute approximate surface area is 154 Å². The minimum Gasteiger partial charge on any atom is -0.497 e. The number of hydrazone groups is 1. The molecule has 3 rings (SSSR count). The normalized spacial score (nSPS) is 21.2. The first kappa shape index (κ1) is 18.1. The number of ether oxygens (including phenoxy) is 1. The maximum atomic E-state index is 13.0. The van der Waals surface area contributed by atoms with Crippen molar-refractivity contribution in [1.29, 1.82) is 0 Å². The van der Waals surface area contributed by atoms with Gasteiger partial charge in [0.25, 0.3) is 0 Å². The SMILES string of the molecule is COc1ccc(/C=N\NC(=O)[C@@]2(C)[NH2+]C(C)(C)Cc3ccccc32)cc1. The second kappa shape index (κ2) is 6.92. The average molecular weight is 352 g/mol. The minimum atomic E-state index is -0.713. The van der Waals surface area contributed by atoms with Gasteiger partial charge in [-0.15, -0.1) is 0 Å². The van der Waals surface area contributed by atoms with Gasteiger partial charge in [-0.1, -0.05) is 24.3 Å². The van der Waals surface area contributed by atoms with E-state index >= 15 is 0 Å². The van der Waals surface area contributed by atoms with E-state index in [1.165, 1.54) is 5.56 Å². The first-order valence-electron chi connectivity index (χ1n) is 8.77. The van der Waals surface area contributed by atoms with Crippen LogP contribution in [0.1, 0.15) is 37.5 Å². The van der Waals surface area contributed by atoms with Gasteiger partial charge in [0.2, 0.25) is 5.54 Å². The molecule has 5 nitrogen and oxygen atoms in total. The van der Waals surface area contributed by atoms with Gasteiger partial charge in [-0.3, -0.25) is 4.79 Å². The number of rotatable bonds is 4. The van der Waals surface area contributed by atoms with Crippen LogP contribution in [0, 0.1) is 0 Å². The van der Waals surface area contributed by atoms with Crippen LogP contribution in [-0.4, -0.2) is 24.8 Å². The topological polar surface area (TPSA) is 67.3 Å². The summed E-state index contributed by atoms with van der Waals surface area (Å²) < 4.78 is 5.14. The molecule has 0 radical (unpaired) electrons. The molecule has 26 heavy (non-hydrogen) atoms. The molecule has 2 aromatic rings. The van der Waals surface area contributed by atoms with Crippen molar-refractivity contribution in [1.82, 2.24) is 5.43 Å². The largest absolute Gasteiger partial charge is 0.497 e. The molecule has 1 heterocycles. The number of hydrogen-bond donors (Lipinski definition) is 2. The van der Waals surface area contributed by atoms with Crippen molar-refractivity contribution < 1.29 is 14.8 Å². The zero-order valence-corrected chi connectivity index (χ0v) is 15.7. The minimum absolute atomic E-state index is 0.0554. The lowest BCUT2D eigenvalue weighted by molar-refractivity contribution is -0.779. The molecule has 3 N–H and O–H groups in total. The van der Waals surface area contributed by atoms with Crippen molar-refractivity contribution in [2.75, 3.05) is 7.11 Å². The standard InChI is InChI=1S/C21H25N3O2/c1-20(2)13-16-7-5-6-8-18(16)21(3,24-20)19(25)23-22-14-15-9-11-17(26-4)12-10-15/h5-12,14,24H,13H2,1-4H3,(H,23,25)/p+1/b22-14-/t21-/m0/s1. The molecular weight excluding hydrogens is 326 g/mol. The monoisotopic (exact) mass is 352 g/mol. The van der Waals surface area contributed by atoms with Gasteiger partial charge in [-0.25, -0.2) is 5.43 Å². The van der Waals surface area contributed by atoms with Crippen molar-refractivity contribution in [2.45, 2.75) is 38.3 Å². The summed E-state index contributed by atoms with van der Waals surface area (Å²) in [6.45, 7) is 6.29. The summed E-state index contributed by atoms with van der Waals surface area (Å²) in [5.74, 6) is 0.664. The number of methoxy groups -OCH3 is 1. The van der Waals surface area contributed by atoms with Gasteiger partial charge in [-0.05, 0) is 49.2 Å². The Bertz CT molecular complexity index is 827. The predicted octanol–water partition coefficient (Wildman–Crippen LogP) is 1.96. The second-order valence-corrected chi connectivity index (χ2v) is 7.64. The maximum absolute atomic E-state index is 13.0. The summed E-state index contributed by atoms with van der Waals surface area (Å²) >= 11 is 0. The molecule has 0 bridgehead atoms. The van der Waals surface area contributed by atoms with E-state index in [-0.39, 0.29) is 11.4 Å². The highest BCUT2D eigenvalue weighted by molar-refractivity contribution is 5.88. The van der Waals surface area contributed by atoms with E-state index in [9.17, 15) is 4.79 Å². The van der Waals surface area contributed by atoms with Gasteiger partial charge in [-0.2, -0.15) is 5.10 Å². The quantitative estimate of drug-likeness (QED) is 0.652. The van der Waals surface area contributed by atoms with Crippen LogP contribution in [0.4, 0.5) is 0 Å². The van der Waals surface area contributed by atoms with Gasteiger partial charge in [0.05, 0.1) is 18.9 Å². The van der Waals surface area contributed by atoms with Crippen molar-refractivity contribution in [2.24, 2.45) is 5.10 Å². The van der Waals surface area contributed by atoms with Crippen LogP contribution >= 0.6 is 0 Å². The lowest BCUT2D eigenvalue weighted by atomic mass is 9.76. The number of fused-ring (bicyclic) bond motifs is 1. The van der Waals surface area contributed by atoms with Crippen molar-refractivity contribution in [3.63, 3.8) is 0 Å². The van der Waals surface area contributed by atoms with E-state index in [0.717, 1.165) is 23.3 Å². The summed E-state index contributed by atoms with van der Waals surface area (Å²) in [6, 6.07) is 15.7. The predicted molar refractivity (Wildman–Crippen MR) is 102 cm³/mol. The zero-order valence-electron chi connectivity index (χ0n) is 15.7. The van der Waals surface area contributed by atoms with Crippen LogP contribution in [0.3, 0.4) is 0 Å². The highest BCUT2D eigenvalue weighted by Crippen LogP contribution is 2.28. The molecular formula is C21H26N3O2+. The third-order valence-corrected chi connectivity index (χ3v) is 4.87. The van der Waals surface area contributed by atoms with Crippen molar-refractivity contribution in [3.8, 4) is 5.75 Å². The van der Waals surface area contributed by atoms with Crippen LogP contribution in [0.25, 0.3) is 0 Å². The molecule has 0 saturated carbocycles. The third kappa shape index (κ3) is 3.63. The Hall–Kier alpha value is -2.66. The average Bonchev–Trinajstić information content (AvgIpc) is 2.61. The number of nitrogens with one attached hydrogen (secondary N) is 1. The molecule has 0 fully saturated rings. The van der Waals surface area contributed by atoms with E-state index in [1.54, 1.807) is 13.3 Å². The Morgan fingerprint density at radius 3 is 2.54 bits per heavy atom. The fourth-order valence-corrected chi connectivity index (χ4v) is 3.74. The lowest BCUT2D eigenvalue weighted by Gasteiger charge is -2.40. The fourth-order valence-electron chi connectivity index (χ4n) is 3.74. The highest BCUT2D eigenvalue weighted by Gasteiger charge is 2.49. The second-order valence-electron chi connectivity index (χ2n) is 7.64. The van der Waals surface area contributed by atoms with Crippen LogP contribution in [0.2, 0.25) is 0 Å². The van der Waals surface area contributed by atoms with Crippen molar-refractivity contribution >= 4 is 12.1 Å². The van der Waals surface area contributed by atoms with Crippen LogP contribution < -0.4 is 15.5 Å². The number of nitrogens with zero attached hydrogens (tertiary/aromatic N) is 1. The number of quaternary nitrogens is 1. The van der Waals surface area contributed by atoms with Crippen LogP contribution in [0.5, 0.6) is 5.75 Å². The lowest BCUT2D eigenvalue weighted by Crippen LogP contribution is -3.06. The first-order chi connectivity index (χ1) is 12.3. The molecule has 5 heteroatoms. The number of hydrogen-bond acceptors (Lipinski definition) is 3. The molecule has 1 amide bonds. The Morgan fingerprint density at radius 1 is 1.15 bits per heavy atom. The van der Waals surface area contributed by atoms with E-state index < -0.39 is 5.54 Å². The molecule has 1 aliphatic rings. The van der Waals surface area contributed by atoms with E-state index in [2.05, 4.69) is 35.8 Å². The van der Waals surface area contributed by atoms with Crippen molar-refractivity contribution in [3.05, 3.63) is 65.2 Å². The number of carbonyl (C=O) groups is 1. The molecule has 0 aliphatic carbocycles. The Kier molecular flexibility index (Phi) is 4.83. The number of amides is 1. The van der Waals surface area contributed by atoms with E-state index in [0.29, 0.717) is 0 Å². The van der Waals surface area contributed by atoms with Gasteiger partial charge >= 0.3 is 5.91 Å². The summed E-state index contributed by atoms with van der Waals surface area (Å²) in [4.78, 5) is 13.0. The molecule has 1 atom stereocenters. The maximum Gasteiger partial charge on any atom is 0.305 e. The number of benzene rings is 2. The fraction of sp³-hybridized carbons (Fsp3) is 0.333. The molecule has 0 unspecified atom stereocenters.